The number of rotatable bonds is 4. The Labute approximate surface area is 182 Å². The summed E-state index contributed by atoms with van der Waals surface area (Å²) in [4.78, 5) is 25.6. The third-order valence-electron chi connectivity index (χ3n) is 5.91. The van der Waals surface area contributed by atoms with Crippen molar-refractivity contribution in [3.05, 3.63) is 58.9 Å². The topological polar surface area (TPSA) is 122 Å². The summed E-state index contributed by atoms with van der Waals surface area (Å²) in [5, 5.41) is 10.3. The van der Waals surface area contributed by atoms with Crippen molar-refractivity contribution >= 4 is 45.2 Å². The molecular formula is C23H22FN7O. The van der Waals surface area contributed by atoms with Gasteiger partial charge >= 0.3 is 0 Å². The Balaban J connectivity index is 1.63. The van der Waals surface area contributed by atoms with Crippen molar-refractivity contribution in [2.24, 2.45) is 16.6 Å². The molecule has 1 saturated carbocycles. The summed E-state index contributed by atoms with van der Waals surface area (Å²) in [5.41, 5.74) is 7.13. The molecular weight excluding hydrogens is 409 g/mol. The second kappa shape index (κ2) is 8.43. The Morgan fingerprint density at radius 1 is 1.19 bits per heavy atom. The first-order valence-corrected chi connectivity index (χ1v) is 10.6. The van der Waals surface area contributed by atoms with E-state index >= 15 is 4.39 Å². The molecule has 5 rings (SSSR count). The highest BCUT2D eigenvalue weighted by atomic mass is 19.1. The molecule has 3 aromatic heterocycles. The van der Waals surface area contributed by atoms with Crippen LogP contribution in [-0.2, 0) is 0 Å². The minimum atomic E-state index is -0.690. The van der Waals surface area contributed by atoms with Crippen molar-refractivity contribution in [2.75, 3.05) is 5.32 Å². The van der Waals surface area contributed by atoms with Crippen molar-refractivity contribution in [3.8, 4) is 0 Å². The fourth-order valence-electron chi connectivity index (χ4n) is 4.19. The van der Waals surface area contributed by atoms with Crippen LogP contribution in [-0.4, -0.2) is 32.4 Å². The number of hydrogen-bond acceptors (Lipinski definition) is 7. The molecule has 4 aromatic rings. The summed E-state index contributed by atoms with van der Waals surface area (Å²) < 4.78 is 15.2. The molecule has 0 bridgehead atoms. The number of hydrogen-bond donors (Lipinski definition) is 3. The number of nitrogens with one attached hydrogen (secondary N) is 2. The van der Waals surface area contributed by atoms with Gasteiger partial charge in [-0.3, -0.25) is 9.78 Å². The summed E-state index contributed by atoms with van der Waals surface area (Å²) in [5.74, 6) is -0.534. The normalized spacial score (nSPS) is 19.1. The van der Waals surface area contributed by atoms with E-state index in [1.54, 1.807) is 12.4 Å². The number of nitrogens with zero attached hydrogens (tertiary/aromatic N) is 4. The molecule has 2 atom stereocenters. The lowest BCUT2D eigenvalue weighted by atomic mass is 9.86. The van der Waals surface area contributed by atoms with Gasteiger partial charge in [0.15, 0.2) is 11.6 Å². The molecule has 9 heteroatoms. The van der Waals surface area contributed by atoms with Crippen LogP contribution in [0.2, 0.25) is 0 Å². The number of nitrogens with two attached hydrogens (primary N) is 1. The second-order valence-electron chi connectivity index (χ2n) is 7.98. The van der Waals surface area contributed by atoms with Crippen LogP contribution >= 0.6 is 0 Å². The van der Waals surface area contributed by atoms with Gasteiger partial charge in [0.25, 0.3) is 5.56 Å². The summed E-state index contributed by atoms with van der Waals surface area (Å²) in [6.45, 7) is 0. The van der Waals surface area contributed by atoms with Crippen LogP contribution in [0.3, 0.4) is 0 Å². The van der Waals surface area contributed by atoms with Crippen molar-refractivity contribution in [3.63, 3.8) is 0 Å². The molecule has 0 radical (unpaired) electrons. The number of H-pyrrole nitrogens is 1. The molecule has 4 N–H and O–H groups in total. The van der Waals surface area contributed by atoms with Gasteiger partial charge in [0, 0.05) is 35.4 Å². The Hall–Kier alpha value is -3.72. The number of aliphatic imine (C=N–C) groups is 1. The minimum absolute atomic E-state index is 0.00121. The van der Waals surface area contributed by atoms with Crippen LogP contribution in [0, 0.1) is 11.7 Å². The van der Waals surface area contributed by atoms with Gasteiger partial charge in [-0.25, -0.2) is 19.5 Å². The van der Waals surface area contributed by atoms with Gasteiger partial charge in [0.2, 0.25) is 0 Å². The van der Waals surface area contributed by atoms with E-state index in [9.17, 15) is 4.79 Å². The predicted molar refractivity (Wildman–Crippen MR) is 123 cm³/mol. The lowest BCUT2D eigenvalue weighted by Gasteiger charge is -2.25. The molecule has 1 fully saturated rings. The number of aromatic amines is 1. The van der Waals surface area contributed by atoms with E-state index in [-0.39, 0.29) is 34.4 Å². The average Bonchev–Trinajstić information content (AvgIpc) is 2.81. The largest absolute Gasteiger partial charge is 0.339 e. The second-order valence-corrected chi connectivity index (χ2v) is 7.98. The minimum Gasteiger partial charge on any atom is -0.339 e. The average molecular weight is 431 g/mol. The maximum atomic E-state index is 15.2. The monoisotopic (exact) mass is 431 g/mol. The third-order valence-corrected chi connectivity index (χ3v) is 5.91. The van der Waals surface area contributed by atoms with Crippen LogP contribution in [0.25, 0.3) is 21.7 Å². The molecule has 0 saturated heterocycles. The molecule has 8 nitrogen and oxygen atoms in total. The summed E-state index contributed by atoms with van der Waals surface area (Å²) in [6.07, 6.45) is 8.66. The molecule has 1 aliphatic rings. The molecule has 3 heterocycles. The predicted octanol–water partition coefficient (Wildman–Crippen LogP) is 3.97. The zero-order chi connectivity index (χ0) is 22.1. The molecule has 0 amide bonds. The Morgan fingerprint density at radius 3 is 2.94 bits per heavy atom. The Kier molecular flexibility index (Phi) is 5.32. The van der Waals surface area contributed by atoms with Crippen LogP contribution in [0.4, 0.5) is 21.7 Å². The van der Waals surface area contributed by atoms with Gasteiger partial charge in [0.05, 0.1) is 22.5 Å². The molecule has 1 aliphatic carbocycles. The van der Waals surface area contributed by atoms with Crippen LogP contribution in [0.5, 0.6) is 0 Å². The Morgan fingerprint density at radius 2 is 2.06 bits per heavy atom. The fourth-order valence-corrected chi connectivity index (χ4v) is 4.19. The van der Waals surface area contributed by atoms with E-state index in [1.165, 1.54) is 6.20 Å². The summed E-state index contributed by atoms with van der Waals surface area (Å²) in [6, 6.07) is 9.31. The van der Waals surface area contributed by atoms with Gasteiger partial charge in [-0.1, -0.05) is 18.9 Å². The summed E-state index contributed by atoms with van der Waals surface area (Å²) >= 11 is 0. The quantitative estimate of drug-likeness (QED) is 0.420. The number of anilines is 2. The molecule has 162 valence electrons. The number of pyridine rings is 2. The van der Waals surface area contributed by atoms with E-state index in [2.05, 4.69) is 30.5 Å². The fraction of sp³-hybridized carbons (Fsp3) is 0.261. The Bertz CT molecular complexity index is 1380. The molecule has 0 aliphatic heterocycles. The zero-order valence-corrected chi connectivity index (χ0v) is 17.3. The van der Waals surface area contributed by atoms with Gasteiger partial charge in [-0.15, -0.1) is 0 Å². The maximum absolute atomic E-state index is 15.2. The number of aromatic nitrogens is 4. The molecule has 32 heavy (non-hydrogen) atoms. The van der Waals surface area contributed by atoms with Gasteiger partial charge < -0.3 is 11.1 Å². The first-order valence-electron chi connectivity index (χ1n) is 10.6. The number of fused-ring (bicyclic) bond motifs is 2. The molecule has 1 unspecified atom stereocenters. The highest BCUT2D eigenvalue weighted by Crippen LogP contribution is 2.32. The van der Waals surface area contributed by atoms with E-state index in [0.29, 0.717) is 5.69 Å². The number of benzene rings is 1. The standard InChI is InChI=1S/C23H22FN7O/c24-20-15-12-28-31-23(32)19(15)21(29-18-9-3-8-17-14(18)6-4-10-26-17)30-22(20)27-11-13-5-1-2-7-16(13)25/h3-4,6,8-13,16H,1-2,5,7,25H2,(H,29,30)(H,31,32)/t13?,16-/m0/s1. The molecule has 0 spiro atoms. The SMILES string of the molecule is N[C@H]1CCCCC1C=Nc1nc(Nc2cccc3ncccc23)c2c(=O)[nH]ncc2c1F. The summed E-state index contributed by atoms with van der Waals surface area (Å²) in [7, 11) is 0. The van der Waals surface area contributed by atoms with Crippen molar-refractivity contribution < 1.29 is 4.39 Å². The zero-order valence-electron chi connectivity index (χ0n) is 17.3. The first-order chi connectivity index (χ1) is 15.6. The molecule has 1 aromatic carbocycles. The van der Waals surface area contributed by atoms with Crippen LogP contribution in [0.1, 0.15) is 25.7 Å². The highest BCUT2D eigenvalue weighted by molar-refractivity contribution is 5.99. The van der Waals surface area contributed by atoms with Crippen molar-refractivity contribution in [2.45, 2.75) is 31.7 Å². The van der Waals surface area contributed by atoms with E-state index in [0.717, 1.165) is 36.6 Å². The van der Waals surface area contributed by atoms with Crippen molar-refractivity contribution in [1.82, 2.24) is 20.2 Å². The van der Waals surface area contributed by atoms with Gasteiger partial charge in [-0.2, -0.15) is 5.10 Å². The highest BCUT2D eigenvalue weighted by Gasteiger charge is 2.21. The third kappa shape index (κ3) is 3.71. The van der Waals surface area contributed by atoms with E-state index in [1.807, 2.05) is 30.3 Å². The first kappa shape index (κ1) is 20.2. The smallest absolute Gasteiger partial charge is 0.275 e. The van der Waals surface area contributed by atoms with Crippen LogP contribution < -0.4 is 16.6 Å². The van der Waals surface area contributed by atoms with Crippen LogP contribution in [0.15, 0.2) is 52.5 Å². The van der Waals surface area contributed by atoms with Crippen molar-refractivity contribution in [1.29, 1.82) is 0 Å². The number of halogens is 1. The lowest BCUT2D eigenvalue weighted by Crippen LogP contribution is -2.33. The lowest BCUT2D eigenvalue weighted by molar-refractivity contribution is 0.385. The van der Waals surface area contributed by atoms with Gasteiger partial charge in [0.1, 0.15) is 5.82 Å². The van der Waals surface area contributed by atoms with E-state index < -0.39 is 11.4 Å². The maximum Gasteiger partial charge on any atom is 0.275 e. The van der Waals surface area contributed by atoms with E-state index in [4.69, 9.17) is 5.73 Å². The van der Waals surface area contributed by atoms with Gasteiger partial charge in [-0.05, 0) is 37.1 Å².